The van der Waals surface area contributed by atoms with Gasteiger partial charge in [-0.05, 0) is 54.1 Å². The molecule has 38 heavy (non-hydrogen) atoms. The fourth-order valence-corrected chi connectivity index (χ4v) is 4.89. The van der Waals surface area contributed by atoms with Crippen LogP contribution >= 0.6 is 0 Å². The first kappa shape index (κ1) is 23.6. The Bertz CT molecular complexity index is 1630. The van der Waals surface area contributed by atoms with E-state index in [1.165, 1.54) is 17.8 Å². The molecule has 0 aliphatic carbocycles. The maximum Gasteiger partial charge on any atom is 0.179 e. The second kappa shape index (κ2) is 9.92. The number of nitrogens with zero attached hydrogens (tertiary/aromatic N) is 7. The van der Waals surface area contributed by atoms with Gasteiger partial charge in [0.05, 0.1) is 28.8 Å². The topological polar surface area (TPSA) is 99.9 Å². The number of pyridine rings is 3. The number of piperazine rings is 1. The van der Waals surface area contributed by atoms with E-state index in [-0.39, 0.29) is 5.82 Å². The van der Waals surface area contributed by atoms with Gasteiger partial charge in [0.15, 0.2) is 6.19 Å². The van der Waals surface area contributed by atoms with Crippen molar-refractivity contribution in [1.29, 1.82) is 5.26 Å². The number of nitriles is 1. The molecule has 0 atom stereocenters. The van der Waals surface area contributed by atoms with Crippen LogP contribution in [0.1, 0.15) is 5.56 Å². The van der Waals surface area contributed by atoms with E-state index in [9.17, 15) is 4.39 Å². The van der Waals surface area contributed by atoms with Gasteiger partial charge in [0.2, 0.25) is 0 Å². The first-order valence-corrected chi connectivity index (χ1v) is 12.4. The summed E-state index contributed by atoms with van der Waals surface area (Å²) in [5.41, 5.74) is 12.4. The maximum absolute atomic E-state index is 13.5. The van der Waals surface area contributed by atoms with Gasteiger partial charge in [-0.3, -0.25) is 14.9 Å². The summed E-state index contributed by atoms with van der Waals surface area (Å²) in [6, 6.07) is 19.3. The van der Waals surface area contributed by atoms with Gasteiger partial charge in [0.25, 0.3) is 0 Å². The second-order valence-corrected chi connectivity index (χ2v) is 9.32. The Morgan fingerprint density at radius 1 is 0.895 bits per heavy atom. The molecule has 1 aliphatic rings. The van der Waals surface area contributed by atoms with Crippen molar-refractivity contribution in [1.82, 2.24) is 29.3 Å². The van der Waals surface area contributed by atoms with E-state index in [2.05, 4.69) is 60.9 Å². The van der Waals surface area contributed by atoms with Crippen LogP contribution in [0.15, 0.2) is 79.3 Å². The maximum atomic E-state index is 13.5. The van der Waals surface area contributed by atoms with Gasteiger partial charge >= 0.3 is 0 Å². The van der Waals surface area contributed by atoms with Crippen molar-refractivity contribution < 1.29 is 4.39 Å². The van der Waals surface area contributed by atoms with E-state index < -0.39 is 0 Å². The highest BCUT2D eigenvalue weighted by atomic mass is 19.1. The van der Waals surface area contributed by atoms with Crippen LogP contribution in [-0.2, 0) is 6.54 Å². The molecular formula is C29H25FN8. The highest BCUT2D eigenvalue weighted by molar-refractivity contribution is 5.92. The quantitative estimate of drug-likeness (QED) is 0.353. The van der Waals surface area contributed by atoms with Crippen LogP contribution in [0.5, 0.6) is 0 Å². The first-order valence-electron chi connectivity index (χ1n) is 12.4. The fraction of sp³-hybridized carbons (Fsp3) is 0.172. The number of nitrogen functional groups attached to an aromatic ring is 1. The molecule has 0 radical (unpaired) electrons. The molecule has 1 saturated heterocycles. The Labute approximate surface area is 219 Å². The molecule has 2 N–H and O–H groups in total. The Kier molecular flexibility index (Phi) is 6.15. The van der Waals surface area contributed by atoms with Crippen molar-refractivity contribution in [3.05, 3.63) is 90.6 Å². The van der Waals surface area contributed by atoms with E-state index in [1.807, 2.05) is 18.2 Å². The lowest BCUT2D eigenvalue weighted by molar-refractivity contribution is 0.167. The molecule has 5 heterocycles. The van der Waals surface area contributed by atoms with E-state index in [0.29, 0.717) is 17.2 Å². The van der Waals surface area contributed by atoms with Gasteiger partial charge in [-0.2, -0.15) is 5.26 Å². The van der Waals surface area contributed by atoms with Crippen LogP contribution in [0.3, 0.4) is 0 Å². The molecule has 5 aromatic rings. The molecule has 1 aliphatic heterocycles. The second-order valence-electron chi connectivity index (χ2n) is 9.32. The predicted octanol–water partition coefficient (Wildman–Crippen LogP) is 4.47. The summed E-state index contributed by atoms with van der Waals surface area (Å²) in [4.78, 5) is 17.3. The van der Waals surface area contributed by atoms with Crippen LogP contribution in [0.25, 0.3) is 39.2 Å². The van der Waals surface area contributed by atoms with Crippen LogP contribution in [0.2, 0.25) is 0 Å². The van der Waals surface area contributed by atoms with Crippen molar-refractivity contribution in [2.24, 2.45) is 0 Å². The number of hydrogen-bond donors (Lipinski definition) is 1. The van der Waals surface area contributed by atoms with E-state index in [4.69, 9.17) is 11.0 Å². The average molecular weight is 505 g/mol. The molecular weight excluding hydrogens is 479 g/mol. The van der Waals surface area contributed by atoms with Crippen molar-refractivity contribution >= 4 is 16.7 Å². The number of halogens is 1. The van der Waals surface area contributed by atoms with Gasteiger partial charge in [0.1, 0.15) is 11.6 Å². The number of nitrogens with two attached hydrogens (primary N) is 1. The molecule has 6 rings (SSSR count). The largest absolute Gasteiger partial charge is 0.383 e. The molecule has 4 aromatic heterocycles. The smallest absolute Gasteiger partial charge is 0.179 e. The Morgan fingerprint density at radius 2 is 1.68 bits per heavy atom. The molecule has 0 saturated carbocycles. The number of fused-ring (bicyclic) bond motifs is 1. The molecule has 0 unspecified atom stereocenters. The lowest BCUT2D eigenvalue weighted by Gasteiger charge is -2.31. The highest BCUT2D eigenvalue weighted by Gasteiger charge is 2.18. The highest BCUT2D eigenvalue weighted by Crippen LogP contribution is 2.35. The van der Waals surface area contributed by atoms with Crippen molar-refractivity contribution in [3.8, 4) is 34.5 Å². The zero-order valence-corrected chi connectivity index (χ0v) is 20.6. The minimum Gasteiger partial charge on any atom is -0.383 e. The van der Waals surface area contributed by atoms with Crippen LogP contribution in [0, 0.1) is 17.3 Å². The minimum atomic E-state index is -0.389. The zero-order valence-electron chi connectivity index (χ0n) is 20.6. The third-order valence-corrected chi connectivity index (χ3v) is 6.90. The molecule has 9 heteroatoms. The fourth-order valence-electron chi connectivity index (χ4n) is 4.89. The van der Waals surface area contributed by atoms with Crippen molar-refractivity contribution in [3.63, 3.8) is 0 Å². The number of hydrogen-bond acceptors (Lipinski definition) is 7. The Balaban J connectivity index is 1.41. The number of benzene rings is 1. The van der Waals surface area contributed by atoms with Gasteiger partial charge in [-0.25, -0.2) is 9.37 Å². The standard InChI is InChI=1S/C29H25FN8/c30-22-5-8-25(35-17-22)26-15-27-21(16-34-26)14-28(24-2-1-9-33-29(24)32)38(27)23-6-3-20(4-7-23)18-36-10-12-37(19-31)13-11-36/h1-9,14-17H,10-13,18H2,(H2,32,33). The number of rotatable bonds is 5. The summed E-state index contributed by atoms with van der Waals surface area (Å²) in [5.74, 6) is 0.0534. The SMILES string of the molecule is N#CN1CCN(Cc2ccc(-n3c(-c4cccnc4N)cc4cnc(-c5ccc(F)cn5)cc43)cc2)CC1. The van der Waals surface area contributed by atoms with Crippen LogP contribution in [0.4, 0.5) is 10.2 Å². The summed E-state index contributed by atoms with van der Waals surface area (Å²) in [6.07, 6.45) is 6.91. The third kappa shape index (κ3) is 4.53. The summed E-state index contributed by atoms with van der Waals surface area (Å²) >= 11 is 0. The third-order valence-electron chi connectivity index (χ3n) is 6.90. The number of anilines is 1. The Morgan fingerprint density at radius 3 is 2.39 bits per heavy atom. The number of aromatic nitrogens is 4. The minimum absolute atomic E-state index is 0.389. The molecule has 0 amide bonds. The summed E-state index contributed by atoms with van der Waals surface area (Å²) < 4.78 is 15.6. The summed E-state index contributed by atoms with van der Waals surface area (Å²) in [7, 11) is 0. The van der Waals surface area contributed by atoms with Crippen molar-refractivity contribution in [2.45, 2.75) is 6.54 Å². The predicted molar refractivity (Wildman–Crippen MR) is 144 cm³/mol. The van der Waals surface area contributed by atoms with Gasteiger partial charge in [-0.1, -0.05) is 12.1 Å². The zero-order chi connectivity index (χ0) is 26.1. The van der Waals surface area contributed by atoms with Gasteiger partial charge < -0.3 is 15.2 Å². The molecule has 1 aromatic carbocycles. The van der Waals surface area contributed by atoms with Gasteiger partial charge in [0, 0.05) is 61.8 Å². The lowest BCUT2D eigenvalue weighted by atomic mass is 10.1. The normalized spacial score (nSPS) is 14.1. The lowest BCUT2D eigenvalue weighted by Crippen LogP contribution is -2.43. The first-order chi connectivity index (χ1) is 18.6. The Hall–Kier alpha value is -4.81. The summed E-state index contributed by atoms with van der Waals surface area (Å²) in [5, 5.41) is 10.0. The van der Waals surface area contributed by atoms with E-state index in [0.717, 1.165) is 60.6 Å². The van der Waals surface area contributed by atoms with E-state index >= 15 is 0 Å². The molecule has 0 spiro atoms. The molecule has 188 valence electrons. The monoisotopic (exact) mass is 504 g/mol. The molecule has 1 fully saturated rings. The molecule has 0 bridgehead atoms. The van der Waals surface area contributed by atoms with Crippen molar-refractivity contribution in [2.75, 3.05) is 31.9 Å². The molecule has 8 nitrogen and oxygen atoms in total. The summed E-state index contributed by atoms with van der Waals surface area (Å²) in [6.45, 7) is 4.10. The van der Waals surface area contributed by atoms with Gasteiger partial charge in [-0.15, -0.1) is 0 Å². The van der Waals surface area contributed by atoms with Crippen LogP contribution < -0.4 is 5.73 Å². The van der Waals surface area contributed by atoms with Crippen LogP contribution in [-0.4, -0.2) is 55.5 Å². The average Bonchev–Trinajstić information content (AvgIpc) is 3.33. The van der Waals surface area contributed by atoms with E-state index in [1.54, 1.807) is 23.4 Å².